The SMILES string of the molecule is COC(=O)[C@H](N=[N+]=[N-])[C@@H]1OC(C)(C)O[C@H]1[C@H]1COC(C)(C)O1. The van der Waals surface area contributed by atoms with E-state index in [4.69, 9.17) is 24.5 Å². The van der Waals surface area contributed by atoms with Crippen LogP contribution in [0.1, 0.15) is 27.7 Å². The summed E-state index contributed by atoms with van der Waals surface area (Å²) in [4.78, 5) is 14.6. The molecule has 0 unspecified atom stereocenters. The minimum atomic E-state index is -1.16. The van der Waals surface area contributed by atoms with E-state index in [1.54, 1.807) is 27.7 Å². The fourth-order valence-electron chi connectivity index (χ4n) is 2.65. The Morgan fingerprint density at radius 3 is 2.45 bits per heavy atom. The number of ether oxygens (including phenoxy) is 5. The van der Waals surface area contributed by atoms with E-state index in [0.717, 1.165) is 0 Å². The normalized spacial score (nSPS) is 34.0. The number of nitrogens with zero attached hydrogens (tertiary/aromatic N) is 3. The average Bonchev–Trinajstić information content (AvgIpc) is 2.94. The van der Waals surface area contributed by atoms with Crippen molar-refractivity contribution in [3.63, 3.8) is 0 Å². The maximum Gasteiger partial charge on any atom is 0.317 e. The first-order valence-corrected chi connectivity index (χ1v) is 6.98. The van der Waals surface area contributed by atoms with Crippen LogP contribution in [0.5, 0.6) is 0 Å². The lowest BCUT2D eigenvalue weighted by molar-refractivity contribution is -0.175. The number of hydrogen-bond acceptors (Lipinski definition) is 7. The molecule has 0 saturated carbocycles. The van der Waals surface area contributed by atoms with E-state index in [9.17, 15) is 4.79 Å². The van der Waals surface area contributed by atoms with Crippen LogP contribution in [0.4, 0.5) is 0 Å². The minimum Gasteiger partial charge on any atom is -0.469 e. The Morgan fingerprint density at radius 2 is 1.95 bits per heavy atom. The molecule has 2 aliphatic rings. The van der Waals surface area contributed by atoms with Crippen molar-refractivity contribution in [3.8, 4) is 0 Å². The van der Waals surface area contributed by atoms with Crippen LogP contribution in [0.15, 0.2) is 5.11 Å². The topological polar surface area (TPSA) is 112 Å². The smallest absolute Gasteiger partial charge is 0.317 e. The van der Waals surface area contributed by atoms with Gasteiger partial charge in [-0.1, -0.05) is 5.11 Å². The fourth-order valence-corrected chi connectivity index (χ4v) is 2.65. The first kappa shape index (κ1) is 17.0. The van der Waals surface area contributed by atoms with E-state index in [1.165, 1.54) is 7.11 Å². The van der Waals surface area contributed by atoms with E-state index in [2.05, 4.69) is 14.8 Å². The van der Waals surface area contributed by atoms with Crippen molar-refractivity contribution in [1.82, 2.24) is 0 Å². The molecule has 2 fully saturated rings. The summed E-state index contributed by atoms with van der Waals surface area (Å²) in [5.41, 5.74) is 8.70. The van der Waals surface area contributed by atoms with Crippen molar-refractivity contribution in [1.29, 1.82) is 0 Å². The monoisotopic (exact) mass is 315 g/mol. The summed E-state index contributed by atoms with van der Waals surface area (Å²) in [7, 11) is 1.22. The number of carbonyl (C=O) groups excluding carboxylic acids is 1. The average molecular weight is 315 g/mol. The maximum atomic E-state index is 11.9. The number of rotatable bonds is 4. The lowest BCUT2D eigenvalue weighted by atomic mass is 10.0. The summed E-state index contributed by atoms with van der Waals surface area (Å²) in [6.45, 7) is 7.29. The van der Waals surface area contributed by atoms with Gasteiger partial charge in [-0.05, 0) is 33.2 Å². The summed E-state index contributed by atoms with van der Waals surface area (Å²) >= 11 is 0. The molecule has 124 valence electrons. The van der Waals surface area contributed by atoms with Crippen molar-refractivity contribution in [2.24, 2.45) is 5.11 Å². The molecule has 0 aromatic heterocycles. The molecule has 0 spiro atoms. The summed E-state index contributed by atoms with van der Waals surface area (Å²) in [6.07, 6.45) is -1.88. The molecule has 9 heteroatoms. The number of esters is 1. The quantitative estimate of drug-likeness (QED) is 0.336. The van der Waals surface area contributed by atoms with E-state index in [0.29, 0.717) is 0 Å². The Kier molecular flexibility index (Phi) is 4.65. The van der Waals surface area contributed by atoms with Gasteiger partial charge in [0.2, 0.25) is 0 Å². The maximum absolute atomic E-state index is 11.9. The third kappa shape index (κ3) is 3.50. The molecule has 4 atom stereocenters. The lowest BCUT2D eigenvalue weighted by Crippen LogP contribution is -2.46. The van der Waals surface area contributed by atoms with Crippen LogP contribution < -0.4 is 0 Å². The van der Waals surface area contributed by atoms with Crippen LogP contribution in [-0.4, -0.2) is 55.6 Å². The van der Waals surface area contributed by atoms with E-state index in [-0.39, 0.29) is 6.61 Å². The standard InChI is InChI=1S/C13H21N3O6/c1-12(2)19-6-7(20-12)9-10(22-13(3,4)21-9)8(15-16-14)11(17)18-5/h7-10H,6H2,1-5H3/t7-,8-,9+,10+/m1/s1. The van der Waals surface area contributed by atoms with Gasteiger partial charge >= 0.3 is 5.97 Å². The highest BCUT2D eigenvalue weighted by Crippen LogP contribution is 2.37. The molecular formula is C13H21N3O6. The van der Waals surface area contributed by atoms with Crippen LogP contribution in [0.25, 0.3) is 10.4 Å². The van der Waals surface area contributed by atoms with E-state index >= 15 is 0 Å². The number of azide groups is 1. The van der Waals surface area contributed by atoms with Crippen LogP contribution >= 0.6 is 0 Å². The molecule has 9 nitrogen and oxygen atoms in total. The Labute approximate surface area is 128 Å². The molecule has 0 aliphatic carbocycles. The zero-order chi connectivity index (χ0) is 16.5. The highest BCUT2D eigenvalue weighted by atomic mass is 16.8. The number of hydrogen-bond donors (Lipinski definition) is 0. The van der Waals surface area contributed by atoms with Crippen LogP contribution in [-0.2, 0) is 28.5 Å². The summed E-state index contributed by atoms with van der Waals surface area (Å²) in [6, 6.07) is -1.16. The number of methoxy groups -OCH3 is 1. The summed E-state index contributed by atoms with van der Waals surface area (Å²) in [5.74, 6) is -2.37. The molecule has 2 saturated heterocycles. The third-order valence-electron chi connectivity index (χ3n) is 3.49. The van der Waals surface area contributed by atoms with Gasteiger partial charge in [0.05, 0.1) is 13.7 Å². The number of carbonyl (C=O) groups is 1. The largest absolute Gasteiger partial charge is 0.469 e. The molecule has 0 aromatic rings. The Balaban J connectivity index is 2.26. The molecular weight excluding hydrogens is 294 g/mol. The van der Waals surface area contributed by atoms with Gasteiger partial charge < -0.3 is 23.7 Å². The second-order valence-corrected chi connectivity index (χ2v) is 6.10. The molecule has 0 amide bonds. The van der Waals surface area contributed by atoms with Crippen LogP contribution in [0.3, 0.4) is 0 Å². The first-order chi connectivity index (χ1) is 10.2. The summed E-state index contributed by atoms with van der Waals surface area (Å²) < 4.78 is 27.6. The Bertz CT molecular complexity index is 488. The third-order valence-corrected chi connectivity index (χ3v) is 3.49. The molecule has 2 heterocycles. The van der Waals surface area contributed by atoms with Gasteiger partial charge in [-0.3, -0.25) is 4.79 Å². The lowest BCUT2D eigenvalue weighted by Gasteiger charge is -2.25. The molecule has 0 N–H and O–H groups in total. The van der Waals surface area contributed by atoms with Gasteiger partial charge in [-0.15, -0.1) is 0 Å². The fraction of sp³-hybridized carbons (Fsp3) is 0.923. The molecule has 2 aliphatic heterocycles. The van der Waals surface area contributed by atoms with Crippen LogP contribution in [0.2, 0.25) is 0 Å². The van der Waals surface area contributed by atoms with Crippen molar-refractivity contribution in [2.45, 2.75) is 63.6 Å². The molecule has 22 heavy (non-hydrogen) atoms. The van der Waals surface area contributed by atoms with Gasteiger partial charge in [0.25, 0.3) is 0 Å². The first-order valence-electron chi connectivity index (χ1n) is 6.98. The van der Waals surface area contributed by atoms with Gasteiger partial charge in [-0.25, -0.2) is 0 Å². The van der Waals surface area contributed by atoms with Gasteiger partial charge in [-0.2, -0.15) is 0 Å². The zero-order valence-corrected chi connectivity index (χ0v) is 13.3. The zero-order valence-electron chi connectivity index (χ0n) is 13.3. The molecule has 0 aromatic carbocycles. The van der Waals surface area contributed by atoms with E-state index in [1.807, 2.05) is 0 Å². The van der Waals surface area contributed by atoms with Gasteiger partial charge in [0, 0.05) is 4.91 Å². The van der Waals surface area contributed by atoms with Crippen molar-refractivity contribution in [2.75, 3.05) is 13.7 Å². The van der Waals surface area contributed by atoms with Crippen molar-refractivity contribution >= 4 is 5.97 Å². The second kappa shape index (κ2) is 6.02. The predicted octanol–water partition coefficient (Wildman–Crippen LogP) is 1.51. The molecule has 2 rings (SSSR count). The predicted molar refractivity (Wildman–Crippen MR) is 73.7 cm³/mol. The van der Waals surface area contributed by atoms with Crippen LogP contribution in [0, 0.1) is 0 Å². The minimum absolute atomic E-state index is 0.289. The van der Waals surface area contributed by atoms with Crippen molar-refractivity contribution in [3.05, 3.63) is 10.4 Å². The highest BCUT2D eigenvalue weighted by Gasteiger charge is 2.53. The Morgan fingerprint density at radius 1 is 1.27 bits per heavy atom. The highest BCUT2D eigenvalue weighted by molar-refractivity contribution is 5.76. The molecule has 0 radical (unpaired) electrons. The van der Waals surface area contributed by atoms with Gasteiger partial charge in [0.1, 0.15) is 18.3 Å². The molecule has 0 bridgehead atoms. The van der Waals surface area contributed by atoms with E-state index < -0.39 is 41.9 Å². The van der Waals surface area contributed by atoms with Crippen molar-refractivity contribution < 1.29 is 28.5 Å². The Hall–Kier alpha value is -1.38. The van der Waals surface area contributed by atoms with Gasteiger partial charge in [0.15, 0.2) is 17.6 Å². The second-order valence-electron chi connectivity index (χ2n) is 6.10. The summed E-state index contributed by atoms with van der Waals surface area (Å²) in [5, 5.41) is 3.51.